The summed E-state index contributed by atoms with van der Waals surface area (Å²) in [5, 5.41) is 4.56. The summed E-state index contributed by atoms with van der Waals surface area (Å²) in [6.45, 7) is 5.21. The van der Waals surface area contributed by atoms with Gasteiger partial charge in [0.2, 0.25) is 0 Å². The second kappa shape index (κ2) is 8.00. The molecule has 128 valence electrons. The van der Waals surface area contributed by atoms with E-state index >= 15 is 0 Å². The molecule has 1 N–H and O–H groups in total. The number of aromatic nitrogens is 1. The van der Waals surface area contributed by atoms with E-state index in [2.05, 4.69) is 42.3 Å². The summed E-state index contributed by atoms with van der Waals surface area (Å²) < 4.78 is 5.87. The Morgan fingerprint density at radius 3 is 2.83 bits per heavy atom. The summed E-state index contributed by atoms with van der Waals surface area (Å²) in [5.74, 6) is 1.04. The maximum Gasteiger partial charge on any atom is 0.127 e. The van der Waals surface area contributed by atoms with E-state index in [9.17, 15) is 0 Å². The van der Waals surface area contributed by atoms with E-state index in [-0.39, 0.29) is 6.04 Å². The molecular formula is C20H25ClN2O. The summed E-state index contributed by atoms with van der Waals surface area (Å²) in [6.07, 6.45) is 7.82. The average Bonchev–Trinajstić information content (AvgIpc) is 3.06. The van der Waals surface area contributed by atoms with Gasteiger partial charge in [0.1, 0.15) is 5.75 Å². The SMILES string of the molecule is CCC(NC(C)CCc1ccncc1)c1cc(Cl)cc2c1OCC2. The fraction of sp³-hybridized carbons (Fsp3) is 0.450. The number of fused-ring (bicyclic) bond motifs is 1. The third-order valence-corrected chi connectivity index (χ3v) is 4.88. The Kier molecular flexibility index (Phi) is 5.75. The maximum absolute atomic E-state index is 6.32. The number of hydrogen-bond donors (Lipinski definition) is 1. The summed E-state index contributed by atoms with van der Waals surface area (Å²) in [6, 6.07) is 8.95. The van der Waals surface area contributed by atoms with Gasteiger partial charge in [0.05, 0.1) is 6.61 Å². The predicted molar refractivity (Wildman–Crippen MR) is 98.8 cm³/mol. The minimum absolute atomic E-state index is 0.267. The van der Waals surface area contributed by atoms with Crippen LogP contribution in [0.25, 0.3) is 0 Å². The predicted octanol–water partition coefficient (Wildman–Crippen LogP) is 4.73. The molecule has 0 radical (unpaired) electrons. The van der Waals surface area contributed by atoms with Gasteiger partial charge in [0.15, 0.2) is 0 Å². The molecule has 3 nitrogen and oxygen atoms in total. The molecule has 0 aliphatic carbocycles. The highest BCUT2D eigenvalue weighted by Crippen LogP contribution is 2.37. The molecule has 2 atom stereocenters. The lowest BCUT2D eigenvalue weighted by Crippen LogP contribution is -2.31. The molecule has 1 aliphatic heterocycles. The Labute approximate surface area is 149 Å². The first-order chi connectivity index (χ1) is 11.7. The molecule has 0 spiro atoms. The van der Waals surface area contributed by atoms with Gasteiger partial charge >= 0.3 is 0 Å². The van der Waals surface area contributed by atoms with Crippen LogP contribution in [-0.4, -0.2) is 17.6 Å². The zero-order valence-electron chi connectivity index (χ0n) is 14.4. The van der Waals surface area contributed by atoms with E-state index in [1.807, 2.05) is 18.5 Å². The van der Waals surface area contributed by atoms with E-state index in [4.69, 9.17) is 16.3 Å². The molecule has 0 saturated heterocycles. The fourth-order valence-electron chi connectivity index (χ4n) is 3.34. The first-order valence-electron chi connectivity index (χ1n) is 8.77. The van der Waals surface area contributed by atoms with Crippen molar-refractivity contribution in [3.8, 4) is 5.75 Å². The largest absolute Gasteiger partial charge is 0.493 e. The molecule has 1 aliphatic rings. The number of nitrogens with zero attached hydrogens (tertiary/aromatic N) is 1. The van der Waals surface area contributed by atoms with E-state index in [0.29, 0.717) is 6.04 Å². The number of benzene rings is 1. The van der Waals surface area contributed by atoms with Crippen molar-refractivity contribution in [1.29, 1.82) is 0 Å². The van der Waals surface area contributed by atoms with Crippen LogP contribution >= 0.6 is 11.6 Å². The monoisotopic (exact) mass is 344 g/mol. The Balaban J connectivity index is 1.66. The van der Waals surface area contributed by atoms with Crippen molar-refractivity contribution in [3.05, 3.63) is 58.4 Å². The van der Waals surface area contributed by atoms with Crippen LogP contribution in [0.3, 0.4) is 0 Å². The van der Waals surface area contributed by atoms with Crippen LogP contribution in [-0.2, 0) is 12.8 Å². The van der Waals surface area contributed by atoms with E-state index in [0.717, 1.165) is 43.1 Å². The number of ether oxygens (including phenoxy) is 1. The molecule has 0 amide bonds. The molecule has 0 saturated carbocycles. The minimum Gasteiger partial charge on any atom is -0.493 e. The molecule has 24 heavy (non-hydrogen) atoms. The van der Waals surface area contributed by atoms with Crippen LogP contribution in [0.2, 0.25) is 5.02 Å². The molecular weight excluding hydrogens is 320 g/mol. The molecule has 2 aromatic rings. The van der Waals surface area contributed by atoms with Gasteiger partial charge in [-0.3, -0.25) is 4.98 Å². The number of rotatable bonds is 7. The lowest BCUT2D eigenvalue weighted by atomic mass is 9.98. The van der Waals surface area contributed by atoms with Crippen molar-refractivity contribution in [1.82, 2.24) is 10.3 Å². The van der Waals surface area contributed by atoms with Gasteiger partial charge in [0, 0.05) is 41.5 Å². The Bertz CT molecular complexity index is 675. The van der Waals surface area contributed by atoms with Gasteiger partial charge in [-0.2, -0.15) is 0 Å². The van der Waals surface area contributed by atoms with Gasteiger partial charge in [0.25, 0.3) is 0 Å². The second-order valence-electron chi connectivity index (χ2n) is 6.50. The van der Waals surface area contributed by atoms with Gasteiger partial charge in [-0.25, -0.2) is 0 Å². The lowest BCUT2D eigenvalue weighted by Gasteiger charge is -2.24. The smallest absolute Gasteiger partial charge is 0.127 e. The van der Waals surface area contributed by atoms with Gasteiger partial charge in [-0.15, -0.1) is 0 Å². The molecule has 2 unspecified atom stereocenters. The zero-order valence-corrected chi connectivity index (χ0v) is 15.1. The first kappa shape index (κ1) is 17.2. The van der Waals surface area contributed by atoms with Crippen molar-refractivity contribution in [2.75, 3.05) is 6.61 Å². The fourth-order valence-corrected chi connectivity index (χ4v) is 3.59. The Morgan fingerprint density at radius 1 is 1.29 bits per heavy atom. The molecule has 0 bridgehead atoms. The molecule has 1 aromatic heterocycles. The van der Waals surface area contributed by atoms with E-state index < -0.39 is 0 Å². The number of pyridine rings is 1. The Morgan fingerprint density at radius 2 is 2.08 bits per heavy atom. The number of hydrogen-bond acceptors (Lipinski definition) is 3. The standard InChI is InChI=1S/C20H25ClN2O/c1-3-19(18-13-17(21)12-16-8-11-24-20(16)18)23-14(2)4-5-15-6-9-22-10-7-15/h6-7,9-10,12-14,19,23H,3-5,8,11H2,1-2H3. The van der Waals surface area contributed by atoms with Crippen molar-refractivity contribution in [2.45, 2.75) is 51.6 Å². The highest BCUT2D eigenvalue weighted by Gasteiger charge is 2.23. The molecule has 2 heterocycles. The Hall–Kier alpha value is -1.58. The quantitative estimate of drug-likeness (QED) is 0.788. The van der Waals surface area contributed by atoms with Crippen LogP contribution in [0.4, 0.5) is 0 Å². The highest BCUT2D eigenvalue weighted by atomic mass is 35.5. The van der Waals surface area contributed by atoms with Crippen molar-refractivity contribution in [3.63, 3.8) is 0 Å². The van der Waals surface area contributed by atoms with Crippen molar-refractivity contribution in [2.24, 2.45) is 0 Å². The molecule has 0 fully saturated rings. The van der Waals surface area contributed by atoms with Crippen molar-refractivity contribution >= 4 is 11.6 Å². The van der Waals surface area contributed by atoms with E-state index in [1.165, 1.54) is 16.7 Å². The topological polar surface area (TPSA) is 34.2 Å². The second-order valence-corrected chi connectivity index (χ2v) is 6.94. The van der Waals surface area contributed by atoms with Gasteiger partial charge in [-0.05, 0) is 61.6 Å². The number of aryl methyl sites for hydroxylation is 1. The van der Waals surface area contributed by atoms with Crippen molar-refractivity contribution < 1.29 is 4.74 Å². The lowest BCUT2D eigenvalue weighted by molar-refractivity contribution is 0.343. The summed E-state index contributed by atoms with van der Waals surface area (Å²) in [5.41, 5.74) is 3.77. The van der Waals surface area contributed by atoms with Crippen LogP contribution in [0.1, 0.15) is 49.4 Å². The average molecular weight is 345 g/mol. The van der Waals surface area contributed by atoms with Crippen LogP contribution in [0, 0.1) is 0 Å². The van der Waals surface area contributed by atoms with Crippen LogP contribution in [0.5, 0.6) is 5.75 Å². The zero-order chi connectivity index (χ0) is 16.9. The maximum atomic E-state index is 6.32. The molecule has 4 heteroatoms. The first-order valence-corrected chi connectivity index (χ1v) is 9.15. The van der Waals surface area contributed by atoms with Crippen LogP contribution in [0.15, 0.2) is 36.7 Å². The minimum atomic E-state index is 0.267. The van der Waals surface area contributed by atoms with E-state index in [1.54, 1.807) is 0 Å². The molecule has 3 rings (SSSR count). The van der Waals surface area contributed by atoms with Gasteiger partial charge in [-0.1, -0.05) is 18.5 Å². The molecule has 1 aromatic carbocycles. The number of halogens is 1. The van der Waals surface area contributed by atoms with Crippen LogP contribution < -0.4 is 10.1 Å². The summed E-state index contributed by atoms with van der Waals surface area (Å²) in [4.78, 5) is 4.07. The van der Waals surface area contributed by atoms with Gasteiger partial charge < -0.3 is 10.1 Å². The normalized spacial score (nSPS) is 15.6. The summed E-state index contributed by atoms with van der Waals surface area (Å²) in [7, 11) is 0. The third kappa shape index (κ3) is 4.08. The highest BCUT2D eigenvalue weighted by molar-refractivity contribution is 6.30. The number of nitrogens with one attached hydrogen (secondary N) is 1. The third-order valence-electron chi connectivity index (χ3n) is 4.66. The summed E-state index contributed by atoms with van der Waals surface area (Å²) >= 11 is 6.32.